The number of hydrogen-bond acceptors (Lipinski definition) is 5. The van der Waals surface area contributed by atoms with E-state index in [1.807, 2.05) is 26.8 Å². The lowest BCUT2D eigenvalue weighted by atomic mass is 10.1. The van der Waals surface area contributed by atoms with E-state index in [0.29, 0.717) is 5.17 Å². The fourth-order valence-electron chi connectivity index (χ4n) is 3.67. The SMILES string of the molecule is CCSC1=NN2C(=N)/C(=C\c3cc(C)n(-c4ccc(C)cc4C)c3C)C(=O)N=C2S1. The number of benzene rings is 1. The Kier molecular flexibility index (Phi) is 5.46. The lowest BCUT2D eigenvalue weighted by molar-refractivity contribution is -0.114. The van der Waals surface area contributed by atoms with E-state index in [9.17, 15) is 4.79 Å². The first kappa shape index (κ1) is 20.7. The minimum Gasteiger partial charge on any atom is -0.318 e. The number of nitrogens with one attached hydrogen (secondary N) is 1. The molecule has 30 heavy (non-hydrogen) atoms. The van der Waals surface area contributed by atoms with Gasteiger partial charge in [0.15, 0.2) is 10.2 Å². The van der Waals surface area contributed by atoms with Crippen LogP contribution in [0.25, 0.3) is 11.8 Å². The van der Waals surface area contributed by atoms with Crippen LogP contribution in [0, 0.1) is 33.1 Å². The Morgan fingerprint density at radius 1 is 1.20 bits per heavy atom. The monoisotopic (exact) mass is 437 g/mol. The van der Waals surface area contributed by atoms with Crippen LogP contribution in [0.3, 0.4) is 0 Å². The summed E-state index contributed by atoms with van der Waals surface area (Å²) in [6.07, 6.45) is 1.76. The van der Waals surface area contributed by atoms with E-state index in [1.54, 1.807) is 17.8 Å². The summed E-state index contributed by atoms with van der Waals surface area (Å²) in [7, 11) is 0. The van der Waals surface area contributed by atoms with E-state index < -0.39 is 5.91 Å². The van der Waals surface area contributed by atoms with E-state index in [1.165, 1.54) is 27.9 Å². The lowest BCUT2D eigenvalue weighted by Crippen LogP contribution is -2.35. The van der Waals surface area contributed by atoms with Crippen molar-refractivity contribution in [1.82, 2.24) is 9.58 Å². The second kappa shape index (κ2) is 7.92. The Labute approximate surface area is 184 Å². The Bertz CT molecular complexity index is 1170. The van der Waals surface area contributed by atoms with Crippen molar-refractivity contribution in [3.8, 4) is 5.69 Å². The van der Waals surface area contributed by atoms with Crippen molar-refractivity contribution in [2.75, 3.05) is 5.75 Å². The highest BCUT2D eigenvalue weighted by atomic mass is 32.2. The maximum Gasteiger partial charge on any atom is 0.283 e. The zero-order valence-corrected chi connectivity index (χ0v) is 19.2. The van der Waals surface area contributed by atoms with Crippen LogP contribution in [0.2, 0.25) is 0 Å². The normalized spacial score (nSPS) is 17.5. The molecular weight excluding hydrogens is 414 g/mol. The quantitative estimate of drug-likeness (QED) is 0.683. The van der Waals surface area contributed by atoms with Crippen LogP contribution in [0.5, 0.6) is 0 Å². The maximum atomic E-state index is 12.7. The van der Waals surface area contributed by atoms with Gasteiger partial charge < -0.3 is 4.57 Å². The Balaban J connectivity index is 1.74. The van der Waals surface area contributed by atoms with Gasteiger partial charge in [0.05, 0.1) is 5.57 Å². The van der Waals surface area contributed by atoms with Crippen LogP contribution in [0.4, 0.5) is 0 Å². The number of aromatic nitrogens is 1. The molecule has 2 aliphatic rings. The molecule has 1 N–H and O–H groups in total. The molecule has 1 amide bonds. The van der Waals surface area contributed by atoms with Crippen LogP contribution in [-0.2, 0) is 4.79 Å². The second-order valence-corrected chi connectivity index (χ2v) is 9.74. The molecule has 6 nitrogen and oxygen atoms in total. The average molecular weight is 438 g/mol. The van der Waals surface area contributed by atoms with Gasteiger partial charge in [-0.05, 0) is 74.5 Å². The number of carbonyl (C=O) groups is 1. The van der Waals surface area contributed by atoms with Crippen LogP contribution in [0.15, 0.2) is 39.9 Å². The molecule has 154 valence electrons. The second-order valence-electron chi connectivity index (χ2n) is 7.27. The van der Waals surface area contributed by atoms with E-state index in [2.05, 4.69) is 46.7 Å². The van der Waals surface area contributed by atoms with Gasteiger partial charge in [0, 0.05) is 17.1 Å². The minimum absolute atomic E-state index is 0.0699. The number of aliphatic imine (C=N–C) groups is 1. The Morgan fingerprint density at radius 3 is 2.67 bits per heavy atom. The van der Waals surface area contributed by atoms with Gasteiger partial charge in [-0.2, -0.15) is 10.0 Å². The molecule has 0 saturated carbocycles. The summed E-state index contributed by atoms with van der Waals surface area (Å²) in [6.45, 7) is 10.3. The maximum absolute atomic E-state index is 12.7. The van der Waals surface area contributed by atoms with E-state index in [0.717, 1.165) is 32.8 Å². The largest absolute Gasteiger partial charge is 0.318 e. The molecular formula is C22H23N5OS2. The van der Waals surface area contributed by atoms with Crippen LogP contribution < -0.4 is 0 Å². The van der Waals surface area contributed by atoms with Gasteiger partial charge in [-0.25, -0.2) is 0 Å². The highest BCUT2D eigenvalue weighted by molar-refractivity contribution is 8.45. The number of thioether (sulfide) groups is 2. The number of amides is 1. The first-order valence-electron chi connectivity index (χ1n) is 9.69. The molecule has 0 spiro atoms. The third kappa shape index (κ3) is 3.54. The summed E-state index contributed by atoms with van der Waals surface area (Å²) >= 11 is 2.92. The fourth-order valence-corrected chi connectivity index (χ4v) is 5.50. The molecule has 2 aliphatic heterocycles. The van der Waals surface area contributed by atoms with Crippen LogP contribution in [-0.4, -0.2) is 36.6 Å². The van der Waals surface area contributed by atoms with Crippen molar-refractivity contribution in [2.24, 2.45) is 10.1 Å². The summed E-state index contributed by atoms with van der Waals surface area (Å²) in [5.74, 6) is 0.551. The predicted molar refractivity (Wildman–Crippen MR) is 128 cm³/mol. The molecule has 0 aliphatic carbocycles. The number of rotatable bonds is 3. The van der Waals surface area contributed by atoms with Crippen molar-refractivity contribution in [3.05, 3.63) is 57.9 Å². The highest BCUT2D eigenvalue weighted by Crippen LogP contribution is 2.33. The number of carbonyl (C=O) groups excluding carboxylic acids is 1. The third-order valence-corrected chi connectivity index (χ3v) is 6.99. The van der Waals surface area contributed by atoms with Gasteiger partial charge >= 0.3 is 0 Å². The number of hydrogen-bond donors (Lipinski definition) is 1. The average Bonchev–Trinajstić information content (AvgIpc) is 3.20. The number of nitrogens with zero attached hydrogens (tertiary/aromatic N) is 4. The van der Waals surface area contributed by atoms with Gasteiger partial charge in [-0.1, -0.05) is 36.4 Å². The molecule has 8 heteroatoms. The van der Waals surface area contributed by atoms with Crippen molar-refractivity contribution in [3.63, 3.8) is 0 Å². The highest BCUT2D eigenvalue weighted by Gasteiger charge is 2.35. The zero-order chi connectivity index (χ0) is 21.6. The summed E-state index contributed by atoms with van der Waals surface area (Å²) in [4.78, 5) is 16.8. The van der Waals surface area contributed by atoms with Gasteiger partial charge in [-0.3, -0.25) is 10.2 Å². The van der Waals surface area contributed by atoms with Crippen molar-refractivity contribution >= 4 is 50.9 Å². The van der Waals surface area contributed by atoms with Crippen molar-refractivity contribution < 1.29 is 4.79 Å². The van der Waals surface area contributed by atoms with Crippen molar-refractivity contribution in [2.45, 2.75) is 34.6 Å². The molecule has 0 radical (unpaired) electrons. The zero-order valence-electron chi connectivity index (χ0n) is 17.6. The Hall–Kier alpha value is -2.58. The standard InChI is InChI=1S/C22H23N5OS2/c1-6-29-22-25-27-19(23)17(20(28)24-21(27)30-22)11-16-10-14(4)26(15(16)5)18-8-7-12(2)9-13(18)3/h7-11,23H,6H2,1-5H3/b17-11+,23-19?. The molecule has 0 fully saturated rings. The first-order chi connectivity index (χ1) is 14.3. The predicted octanol–water partition coefficient (Wildman–Crippen LogP) is 5.04. The van der Waals surface area contributed by atoms with Crippen molar-refractivity contribution in [1.29, 1.82) is 5.41 Å². The van der Waals surface area contributed by atoms with E-state index in [4.69, 9.17) is 5.41 Å². The molecule has 1 aromatic heterocycles. The number of hydrazone groups is 1. The number of amidine groups is 2. The molecule has 0 saturated heterocycles. The van der Waals surface area contributed by atoms with E-state index >= 15 is 0 Å². The molecule has 2 aromatic rings. The first-order valence-corrected chi connectivity index (χ1v) is 11.5. The summed E-state index contributed by atoms with van der Waals surface area (Å²) in [5.41, 5.74) is 6.78. The minimum atomic E-state index is -0.395. The molecule has 0 atom stereocenters. The molecule has 0 bridgehead atoms. The molecule has 0 unspecified atom stereocenters. The third-order valence-electron chi connectivity index (χ3n) is 5.07. The van der Waals surface area contributed by atoms with Gasteiger partial charge in [0.25, 0.3) is 5.91 Å². The summed E-state index contributed by atoms with van der Waals surface area (Å²) in [5, 5.41) is 14.9. The van der Waals surface area contributed by atoms with E-state index in [-0.39, 0.29) is 11.4 Å². The smallest absolute Gasteiger partial charge is 0.283 e. The summed E-state index contributed by atoms with van der Waals surface area (Å²) in [6, 6.07) is 8.43. The van der Waals surface area contributed by atoms with Gasteiger partial charge in [-0.15, -0.1) is 5.10 Å². The van der Waals surface area contributed by atoms with Gasteiger partial charge in [0.2, 0.25) is 5.17 Å². The topological polar surface area (TPSA) is 73.8 Å². The van der Waals surface area contributed by atoms with Gasteiger partial charge in [0.1, 0.15) is 0 Å². The molecule has 4 rings (SSSR count). The summed E-state index contributed by atoms with van der Waals surface area (Å²) < 4.78 is 3.00. The lowest BCUT2D eigenvalue weighted by Gasteiger charge is -2.20. The molecule has 3 heterocycles. The number of fused-ring (bicyclic) bond motifs is 1. The number of aryl methyl sites for hydroxylation is 3. The Morgan fingerprint density at radius 2 is 1.97 bits per heavy atom. The van der Waals surface area contributed by atoms with Crippen LogP contribution >= 0.6 is 23.5 Å². The molecule has 1 aromatic carbocycles. The fraction of sp³-hybridized carbons (Fsp3) is 0.273. The van der Waals surface area contributed by atoms with Crippen LogP contribution in [0.1, 0.15) is 35.0 Å².